The Morgan fingerprint density at radius 3 is 2.67 bits per heavy atom. The SMILES string of the molecule is CC(C)C(N)c1nc(C(=O)NCc2ccc(Cl)cc2)co1. The van der Waals surface area contributed by atoms with Crippen LogP contribution in [0.5, 0.6) is 0 Å². The first-order valence-electron chi connectivity index (χ1n) is 6.71. The number of halogens is 1. The number of carbonyl (C=O) groups is 1. The number of nitrogens with two attached hydrogens (primary N) is 1. The quantitative estimate of drug-likeness (QED) is 0.890. The van der Waals surface area contributed by atoms with Crippen LogP contribution in [0.15, 0.2) is 34.9 Å². The van der Waals surface area contributed by atoms with E-state index < -0.39 is 0 Å². The molecule has 5 nitrogen and oxygen atoms in total. The highest BCUT2D eigenvalue weighted by atomic mass is 35.5. The van der Waals surface area contributed by atoms with Gasteiger partial charge in [0.15, 0.2) is 5.69 Å². The molecule has 0 saturated carbocycles. The van der Waals surface area contributed by atoms with Crippen molar-refractivity contribution in [2.75, 3.05) is 0 Å². The zero-order chi connectivity index (χ0) is 15.4. The number of hydrogen-bond acceptors (Lipinski definition) is 4. The highest BCUT2D eigenvalue weighted by Gasteiger charge is 2.19. The van der Waals surface area contributed by atoms with E-state index in [4.69, 9.17) is 21.8 Å². The fourth-order valence-electron chi connectivity index (χ4n) is 1.71. The number of aromatic nitrogens is 1. The molecular formula is C15H18ClN3O2. The molecule has 6 heteroatoms. The number of rotatable bonds is 5. The number of amides is 1. The van der Waals surface area contributed by atoms with E-state index in [2.05, 4.69) is 10.3 Å². The van der Waals surface area contributed by atoms with E-state index in [-0.39, 0.29) is 23.6 Å². The summed E-state index contributed by atoms with van der Waals surface area (Å²) in [6.45, 7) is 4.33. The highest BCUT2D eigenvalue weighted by Crippen LogP contribution is 2.18. The number of nitrogens with zero attached hydrogens (tertiary/aromatic N) is 1. The van der Waals surface area contributed by atoms with Crippen molar-refractivity contribution < 1.29 is 9.21 Å². The van der Waals surface area contributed by atoms with Gasteiger partial charge in [0.05, 0.1) is 6.04 Å². The molecule has 112 valence electrons. The molecule has 0 bridgehead atoms. The lowest BCUT2D eigenvalue weighted by Gasteiger charge is -2.10. The van der Waals surface area contributed by atoms with E-state index >= 15 is 0 Å². The lowest BCUT2D eigenvalue weighted by atomic mass is 10.1. The van der Waals surface area contributed by atoms with Crippen molar-refractivity contribution in [2.45, 2.75) is 26.4 Å². The van der Waals surface area contributed by atoms with Crippen molar-refractivity contribution >= 4 is 17.5 Å². The minimum atomic E-state index is -0.317. The van der Waals surface area contributed by atoms with E-state index in [1.807, 2.05) is 26.0 Å². The molecule has 2 rings (SSSR count). The van der Waals surface area contributed by atoms with Gasteiger partial charge in [-0.1, -0.05) is 37.6 Å². The number of carbonyl (C=O) groups excluding carboxylic acids is 1. The molecule has 1 heterocycles. The van der Waals surface area contributed by atoms with Crippen molar-refractivity contribution in [3.63, 3.8) is 0 Å². The third-order valence-corrected chi connectivity index (χ3v) is 3.38. The maximum atomic E-state index is 12.0. The van der Waals surface area contributed by atoms with E-state index in [0.29, 0.717) is 17.5 Å². The van der Waals surface area contributed by atoms with Gasteiger partial charge >= 0.3 is 0 Å². The standard InChI is InChI=1S/C15H18ClN3O2/c1-9(2)13(17)15-19-12(8-21-15)14(20)18-7-10-3-5-11(16)6-4-10/h3-6,8-9,13H,7,17H2,1-2H3,(H,18,20). The second-order valence-corrected chi connectivity index (χ2v) is 5.59. The molecule has 0 aliphatic carbocycles. The summed E-state index contributed by atoms with van der Waals surface area (Å²) in [6, 6.07) is 6.94. The van der Waals surface area contributed by atoms with E-state index in [9.17, 15) is 4.79 Å². The molecule has 1 aromatic carbocycles. The molecule has 1 unspecified atom stereocenters. The predicted molar refractivity (Wildman–Crippen MR) is 80.9 cm³/mol. The van der Waals surface area contributed by atoms with Crippen molar-refractivity contribution in [2.24, 2.45) is 11.7 Å². The minimum absolute atomic E-state index is 0.189. The zero-order valence-corrected chi connectivity index (χ0v) is 12.7. The van der Waals surface area contributed by atoms with Gasteiger partial charge in [-0.3, -0.25) is 4.79 Å². The first-order chi connectivity index (χ1) is 9.97. The number of benzene rings is 1. The van der Waals surface area contributed by atoms with Crippen molar-refractivity contribution in [1.29, 1.82) is 0 Å². The van der Waals surface area contributed by atoms with Crippen LogP contribution < -0.4 is 11.1 Å². The van der Waals surface area contributed by atoms with Gasteiger partial charge in [-0.15, -0.1) is 0 Å². The Balaban J connectivity index is 1.96. The average Bonchev–Trinajstić information content (AvgIpc) is 2.95. The van der Waals surface area contributed by atoms with Crippen molar-refractivity contribution in [3.8, 4) is 0 Å². The minimum Gasteiger partial charge on any atom is -0.446 e. The summed E-state index contributed by atoms with van der Waals surface area (Å²) < 4.78 is 5.26. The zero-order valence-electron chi connectivity index (χ0n) is 12.0. The molecular weight excluding hydrogens is 290 g/mol. The third kappa shape index (κ3) is 4.06. The van der Waals surface area contributed by atoms with Crippen LogP contribution in [0, 0.1) is 5.92 Å². The van der Waals surface area contributed by atoms with Crippen LogP contribution in [0.25, 0.3) is 0 Å². The van der Waals surface area contributed by atoms with Crippen LogP contribution in [-0.4, -0.2) is 10.9 Å². The van der Waals surface area contributed by atoms with Gasteiger partial charge in [0.25, 0.3) is 5.91 Å². The Labute approximate surface area is 128 Å². The monoisotopic (exact) mass is 307 g/mol. The van der Waals surface area contributed by atoms with E-state index in [0.717, 1.165) is 5.56 Å². The van der Waals surface area contributed by atoms with Gasteiger partial charge in [0.2, 0.25) is 5.89 Å². The molecule has 0 spiro atoms. The molecule has 2 aromatic rings. The maximum absolute atomic E-state index is 12.0. The third-order valence-electron chi connectivity index (χ3n) is 3.12. The van der Waals surface area contributed by atoms with Gasteiger partial charge in [-0.2, -0.15) is 0 Å². The van der Waals surface area contributed by atoms with Gasteiger partial charge in [0, 0.05) is 11.6 Å². The highest BCUT2D eigenvalue weighted by molar-refractivity contribution is 6.30. The first-order valence-corrected chi connectivity index (χ1v) is 7.09. The van der Waals surface area contributed by atoms with Gasteiger partial charge in [0.1, 0.15) is 6.26 Å². The average molecular weight is 308 g/mol. The van der Waals surface area contributed by atoms with Crippen LogP contribution in [0.2, 0.25) is 5.02 Å². The summed E-state index contributed by atoms with van der Waals surface area (Å²) in [4.78, 5) is 16.1. The maximum Gasteiger partial charge on any atom is 0.273 e. The second kappa shape index (κ2) is 6.74. The second-order valence-electron chi connectivity index (χ2n) is 5.15. The normalized spacial score (nSPS) is 12.4. The van der Waals surface area contributed by atoms with E-state index in [1.165, 1.54) is 6.26 Å². The molecule has 1 aromatic heterocycles. The Hall–Kier alpha value is -1.85. The topological polar surface area (TPSA) is 81.1 Å². The van der Waals surface area contributed by atoms with Crippen molar-refractivity contribution in [1.82, 2.24) is 10.3 Å². The van der Waals surface area contributed by atoms with Gasteiger partial charge < -0.3 is 15.5 Å². The summed E-state index contributed by atoms with van der Waals surface area (Å²) in [5.41, 5.74) is 7.12. The Bertz CT molecular complexity index is 608. The lowest BCUT2D eigenvalue weighted by Crippen LogP contribution is -2.23. The van der Waals surface area contributed by atoms with Crippen LogP contribution in [-0.2, 0) is 6.54 Å². The lowest BCUT2D eigenvalue weighted by molar-refractivity contribution is 0.0946. The molecule has 1 amide bonds. The van der Waals surface area contributed by atoms with E-state index in [1.54, 1.807) is 12.1 Å². The molecule has 21 heavy (non-hydrogen) atoms. The Morgan fingerprint density at radius 1 is 1.38 bits per heavy atom. The van der Waals surface area contributed by atoms with Crippen LogP contribution in [0.4, 0.5) is 0 Å². The van der Waals surface area contributed by atoms with Crippen LogP contribution >= 0.6 is 11.6 Å². The fraction of sp³-hybridized carbons (Fsp3) is 0.333. The molecule has 0 saturated heterocycles. The smallest absolute Gasteiger partial charge is 0.273 e. The number of nitrogens with one attached hydrogen (secondary N) is 1. The molecule has 0 fully saturated rings. The molecule has 0 aliphatic heterocycles. The fourth-order valence-corrected chi connectivity index (χ4v) is 1.83. The summed E-state index contributed by atoms with van der Waals surface area (Å²) >= 11 is 5.81. The summed E-state index contributed by atoms with van der Waals surface area (Å²) in [6.07, 6.45) is 1.33. The largest absolute Gasteiger partial charge is 0.446 e. The molecule has 0 radical (unpaired) electrons. The molecule has 0 aliphatic rings. The summed E-state index contributed by atoms with van der Waals surface area (Å²) in [5.74, 6) is 0.270. The predicted octanol–water partition coefficient (Wildman–Crippen LogP) is 2.91. The number of hydrogen-bond donors (Lipinski definition) is 2. The molecule has 3 N–H and O–H groups in total. The number of oxazole rings is 1. The van der Waals surface area contributed by atoms with Gasteiger partial charge in [-0.05, 0) is 23.6 Å². The Kier molecular flexibility index (Phi) is 4.98. The first kappa shape index (κ1) is 15.5. The van der Waals surface area contributed by atoms with Crippen LogP contribution in [0.1, 0.15) is 41.8 Å². The summed E-state index contributed by atoms with van der Waals surface area (Å²) in [5, 5.41) is 3.43. The molecule has 1 atom stereocenters. The summed E-state index contributed by atoms with van der Waals surface area (Å²) in [7, 11) is 0. The van der Waals surface area contributed by atoms with Crippen LogP contribution in [0.3, 0.4) is 0 Å². The Morgan fingerprint density at radius 2 is 2.05 bits per heavy atom. The van der Waals surface area contributed by atoms with Gasteiger partial charge in [-0.25, -0.2) is 4.98 Å². The van der Waals surface area contributed by atoms with Crippen molar-refractivity contribution in [3.05, 3.63) is 52.7 Å².